The van der Waals surface area contributed by atoms with Gasteiger partial charge in [0.2, 0.25) is 5.91 Å². The number of amides is 1. The van der Waals surface area contributed by atoms with Gasteiger partial charge in [-0.15, -0.1) is 11.3 Å². The molecule has 1 aliphatic heterocycles. The van der Waals surface area contributed by atoms with E-state index < -0.39 is 0 Å². The number of aromatic hydroxyl groups is 1. The van der Waals surface area contributed by atoms with Crippen LogP contribution in [0.1, 0.15) is 18.9 Å². The van der Waals surface area contributed by atoms with E-state index in [9.17, 15) is 9.90 Å². The Morgan fingerprint density at radius 2 is 2.22 bits per heavy atom. The third-order valence-corrected chi connectivity index (χ3v) is 5.59. The molecule has 3 N–H and O–H groups in total. The standard InChI is InChI=1S/C20H21N3O3S/c1-12(21)8-18(25)23-6-7-26-19-14(11-23)9-13(10-16(19)24)20-22-15-4-2-3-5-17(15)27-20/h2-5,9-10,12,24H,6-8,11,21H2,1H3/t12-/m1/s1. The second-order valence-electron chi connectivity index (χ2n) is 6.82. The zero-order valence-corrected chi connectivity index (χ0v) is 15.8. The van der Waals surface area contributed by atoms with E-state index in [0.717, 1.165) is 26.4 Å². The van der Waals surface area contributed by atoms with Crippen molar-refractivity contribution in [1.29, 1.82) is 0 Å². The molecule has 0 saturated carbocycles. The molecule has 1 aliphatic rings. The number of hydrogen-bond donors (Lipinski definition) is 2. The molecule has 4 rings (SSSR count). The summed E-state index contributed by atoms with van der Waals surface area (Å²) >= 11 is 1.57. The summed E-state index contributed by atoms with van der Waals surface area (Å²) in [6.07, 6.45) is 0.291. The molecule has 0 aliphatic carbocycles. The van der Waals surface area contributed by atoms with E-state index in [4.69, 9.17) is 10.5 Å². The summed E-state index contributed by atoms with van der Waals surface area (Å²) in [5.41, 5.74) is 8.29. The average Bonchev–Trinajstić information content (AvgIpc) is 2.93. The number of aromatic nitrogens is 1. The number of carbonyl (C=O) groups excluding carboxylic acids is 1. The number of thiazole rings is 1. The predicted octanol–water partition coefficient (Wildman–Crippen LogP) is 3.13. The first-order valence-corrected chi connectivity index (χ1v) is 9.71. The Hall–Kier alpha value is -2.64. The maximum absolute atomic E-state index is 12.4. The van der Waals surface area contributed by atoms with Gasteiger partial charge in [-0.05, 0) is 31.2 Å². The fourth-order valence-electron chi connectivity index (χ4n) is 3.24. The van der Waals surface area contributed by atoms with E-state index in [0.29, 0.717) is 31.9 Å². The van der Waals surface area contributed by atoms with E-state index in [1.165, 1.54) is 0 Å². The maximum Gasteiger partial charge on any atom is 0.224 e. The molecule has 1 aromatic heterocycles. The number of phenols is 1. The van der Waals surface area contributed by atoms with Gasteiger partial charge in [0.1, 0.15) is 11.6 Å². The summed E-state index contributed by atoms with van der Waals surface area (Å²) in [5.74, 6) is 0.505. The minimum absolute atomic E-state index is 0.00803. The summed E-state index contributed by atoms with van der Waals surface area (Å²) in [6, 6.07) is 11.4. The molecule has 0 bridgehead atoms. The third kappa shape index (κ3) is 3.61. The van der Waals surface area contributed by atoms with Crippen LogP contribution in [0.4, 0.5) is 0 Å². The smallest absolute Gasteiger partial charge is 0.224 e. The van der Waals surface area contributed by atoms with Crippen molar-refractivity contribution < 1.29 is 14.6 Å². The van der Waals surface area contributed by atoms with Crippen molar-refractivity contribution in [3.63, 3.8) is 0 Å². The zero-order chi connectivity index (χ0) is 19.0. The van der Waals surface area contributed by atoms with Crippen molar-refractivity contribution in [3.05, 3.63) is 42.0 Å². The summed E-state index contributed by atoms with van der Waals surface area (Å²) in [6.45, 7) is 3.01. The van der Waals surface area contributed by atoms with Crippen molar-refractivity contribution >= 4 is 27.5 Å². The Labute approximate surface area is 161 Å². The lowest BCUT2D eigenvalue weighted by molar-refractivity contribution is -0.132. The third-order valence-electron chi connectivity index (χ3n) is 4.51. The Balaban J connectivity index is 1.70. The van der Waals surface area contributed by atoms with E-state index in [1.54, 1.807) is 22.3 Å². The highest BCUT2D eigenvalue weighted by molar-refractivity contribution is 7.21. The van der Waals surface area contributed by atoms with Gasteiger partial charge < -0.3 is 20.5 Å². The highest BCUT2D eigenvalue weighted by atomic mass is 32.1. The van der Waals surface area contributed by atoms with Crippen molar-refractivity contribution in [3.8, 4) is 22.1 Å². The topological polar surface area (TPSA) is 88.7 Å². The molecular formula is C20H21N3O3S. The van der Waals surface area contributed by atoms with Gasteiger partial charge in [0.05, 0.1) is 16.8 Å². The largest absolute Gasteiger partial charge is 0.504 e. The van der Waals surface area contributed by atoms with Gasteiger partial charge in [0, 0.05) is 30.1 Å². The lowest BCUT2D eigenvalue weighted by Gasteiger charge is -2.21. The van der Waals surface area contributed by atoms with E-state index in [-0.39, 0.29) is 17.7 Å². The summed E-state index contributed by atoms with van der Waals surface area (Å²) in [4.78, 5) is 18.8. The van der Waals surface area contributed by atoms with Crippen LogP contribution in [0.25, 0.3) is 20.8 Å². The summed E-state index contributed by atoms with van der Waals surface area (Å²) in [7, 11) is 0. The van der Waals surface area contributed by atoms with Gasteiger partial charge in [0.25, 0.3) is 0 Å². The Kier molecular flexibility index (Phi) is 4.72. The first kappa shape index (κ1) is 17.8. The van der Waals surface area contributed by atoms with Crippen LogP contribution in [0.3, 0.4) is 0 Å². The number of fused-ring (bicyclic) bond motifs is 2. The zero-order valence-electron chi connectivity index (χ0n) is 15.0. The molecule has 2 aromatic carbocycles. The van der Waals surface area contributed by atoms with Crippen molar-refractivity contribution in [2.45, 2.75) is 25.9 Å². The fourth-order valence-corrected chi connectivity index (χ4v) is 4.19. The van der Waals surface area contributed by atoms with Crippen LogP contribution in [0.2, 0.25) is 0 Å². The number of nitrogens with zero attached hydrogens (tertiary/aromatic N) is 2. The first-order valence-electron chi connectivity index (χ1n) is 8.89. The van der Waals surface area contributed by atoms with Crippen molar-refractivity contribution in [1.82, 2.24) is 9.88 Å². The SMILES string of the molecule is C[C@@H](N)CC(=O)N1CCOc2c(O)cc(-c3nc4ccccc4s3)cc2C1. The highest BCUT2D eigenvalue weighted by Crippen LogP contribution is 2.39. The minimum atomic E-state index is -0.191. The monoisotopic (exact) mass is 383 g/mol. The van der Waals surface area contributed by atoms with E-state index in [1.807, 2.05) is 37.3 Å². The first-order chi connectivity index (χ1) is 13.0. The number of ether oxygens (including phenoxy) is 1. The van der Waals surface area contributed by atoms with Gasteiger partial charge in [-0.3, -0.25) is 4.79 Å². The molecule has 7 heteroatoms. The average molecular weight is 383 g/mol. The summed E-state index contributed by atoms with van der Waals surface area (Å²) < 4.78 is 6.81. The molecule has 27 heavy (non-hydrogen) atoms. The van der Waals surface area contributed by atoms with E-state index in [2.05, 4.69) is 4.98 Å². The van der Waals surface area contributed by atoms with Gasteiger partial charge in [0.15, 0.2) is 11.5 Å². The molecule has 140 valence electrons. The lowest BCUT2D eigenvalue weighted by Crippen LogP contribution is -2.35. The van der Waals surface area contributed by atoms with Gasteiger partial charge in [-0.25, -0.2) is 4.98 Å². The fraction of sp³-hybridized carbons (Fsp3) is 0.300. The van der Waals surface area contributed by atoms with Gasteiger partial charge in [-0.1, -0.05) is 12.1 Å². The number of para-hydroxylation sites is 1. The molecule has 6 nitrogen and oxygen atoms in total. The quantitative estimate of drug-likeness (QED) is 0.725. The van der Waals surface area contributed by atoms with Crippen LogP contribution < -0.4 is 10.5 Å². The highest BCUT2D eigenvalue weighted by Gasteiger charge is 2.24. The Bertz CT molecular complexity index is 966. The second kappa shape index (κ2) is 7.17. The van der Waals surface area contributed by atoms with Crippen LogP contribution in [-0.4, -0.2) is 40.1 Å². The van der Waals surface area contributed by atoms with Crippen LogP contribution in [0.5, 0.6) is 11.5 Å². The molecule has 0 fully saturated rings. The molecule has 0 unspecified atom stereocenters. The Morgan fingerprint density at radius 1 is 1.41 bits per heavy atom. The molecule has 0 saturated heterocycles. The number of benzene rings is 2. The maximum atomic E-state index is 12.4. The molecular weight excluding hydrogens is 362 g/mol. The molecule has 0 spiro atoms. The molecule has 3 aromatic rings. The number of rotatable bonds is 3. The van der Waals surface area contributed by atoms with Crippen molar-refractivity contribution in [2.75, 3.05) is 13.2 Å². The van der Waals surface area contributed by atoms with Crippen LogP contribution in [0.15, 0.2) is 36.4 Å². The van der Waals surface area contributed by atoms with Crippen molar-refractivity contribution in [2.24, 2.45) is 5.73 Å². The second-order valence-corrected chi connectivity index (χ2v) is 7.85. The Morgan fingerprint density at radius 3 is 3.00 bits per heavy atom. The number of nitrogens with two attached hydrogens (primary N) is 1. The summed E-state index contributed by atoms with van der Waals surface area (Å²) in [5, 5.41) is 11.3. The van der Waals surface area contributed by atoms with Gasteiger partial charge in [-0.2, -0.15) is 0 Å². The molecule has 0 radical (unpaired) electrons. The van der Waals surface area contributed by atoms with Crippen LogP contribution in [0, 0.1) is 0 Å². The molecule has 1 amide bonds. The van der Waals surface area contributed by atoms with Crippen LogP contribution in [-0.2, 0) is 11.3 Å². The normalized spacial score (nSPS) is 15.1. The predicted molar refractivity (Wildman–Crippen MR) is 106 cm³/mol. The molecule has 1 atom stereocenters. The van der Waals surface area contributed by atoms with Crippen LogP contribution >= 0.6 is 11.3 Å². The number of hydrogen-bond acceptors (Lipinski definition) is 6. The van der Waals surface area contributed by atoms with Gasteiger partial charge >= 0.3 is 0 Å². The number of carbonyl (C=O) groups is 1. The minimum Gasteiger partial charge on any atom is -0.504 e. The number of phenolic OH excluding ortho intramolecular Hbond substituents is 1. The van der Waals surface area contributed by atoms with E-state index >= 15 is 0 Å². The lowest BCUT2D eigenvalue weighted by atomic mass is 10.1. The molecule has 2 heterocycles.